The molecule has 1 aromatic carbocycles. The first-order valence-corrected chi connectivity index (χ1v) is 7.46. The van der Waals surface area contributed by atoms with Crippen LogP contribution in [0, 0.1) is 6.92 Å². The molecule has 1 aliphatic carbocycles. The summed E-state index contributed by atoms with van der Waals surface area (Å²) in [4.78, 5) is 16.9. The Bertz CT molecular complexity index is 848. The Morgan fingerprint density at radius 3 is 2.91 bits per heavy atom. The van der Waals surface area contributed by atoms with E-state index in [1.165, 1.54) is 16.7 Å². The summed E-state index contributed by atoms with van der Waals surface area (Å²) < 4.78 is 1.65. The highest BCUT2D eigenvalue weighted by molar-refractivity contribution is 6.05. The molecule has 0 bridgehead atoms. The van der Waals surface area contributed by atoms with Gasteiger partial charge in [0.1, 0.15) is 0 Å². The number of nitrogens with zero attached hydrogens (tertiary/aromatic N) is 3. The maximum atomic E-state index is 12.6. The van der Waals surface area contributed by atoms with Crippen molar-refractivity contribution in [2.75, 3.05) is 5.32 Å². The van der Waals surface area contributed by atoms with Crippen LogP contribution in [-0.4, -0.2) is 20.5 Å². The second-order valence-electron chi connectivity index (χ2n) is 5.63. The lowest BCUT2D eigenvalue weighted by atomic mass is 9.98. The van der Waals surface area contributed by atoms with Crippen LogP contribution in [-0.2, 0) is 12.8 Å². The molecule has 0 fully saturated rings. The summed E-state index contributed by atoms with van der Waals surface area (Å²) in [5.41, 5.74) is 5.25. The van der Waals surface area contributed by atoms with Crippen molar-refractivity contribution >= 4 is 17.5 Å². The molecule has 5 nitrogen and oxygen atoms in total. The van der Waals surface area contributed by atoms with Crippen LogP contribution in [0.1, 0.15) is 33.5 Å². The minimum atomic E-state index is -0.131. The number of carbonyl (C=O) groups is 1. The predicted molar refractivity (Wildman–Crippen MR) is 84.1 cm³/mol. The van der Waals surface area contributed by atoms with Gasteiger partial charge in [-0.05, 0) is 61.1 Å². The molecule has 0 aliphatic heterocycles. The van der Waals surface area contributed by atoms with Crippen LogP contribution in [0.5, 0.6) is 0 Å². The molecule has 2 aromatic heterocycles. The third kappa shape index (κ3) is 2.06. The second kappa shape index (κ2) is 4.94. The molecule has 0 atom stereocenters. The zero-order valence-corrected chi connectivity index (χ0v) is 12.3. The third-order valence-electron chi connectivity index (χ3n) is 4.23. The number of fused-ring (bicyclic) bond motifs is 2. The van der Waals surface area contributed by atoms with Crippen molar-refractivity contribution in [2.45, 2.75) is 26.2 Å². The van der Waals surface area contributed by atoms with E-state index in [-0.39, 0.29) is 5.91 Å². The molecular formula is C17H16N4O. The number of aromatic nitrogens is 3. The first-order valence-electron chi connectivity index (χ1n) is 7.46. The number of hydrogen-bond acceptors (Lipinski definition) is 3. The molecule has 1 N–H and O–H groups in total. The van der Waals surface area contributed by atoms with Crippen LogP contribution in [0.15, 0.2) is 36.5 Å². The van der Waals surface area contributed by atoms with Gasteiger partial charge in [-0.3, -0.25) is 10.1 Å². The van der Waals surface area contributed by atoms with E-state index in [0.717, 1.165) is 24.8 Å². The Morgan fingerprint density at radius 1 is 1.18 bits per heavy atom. The molecule has 0 saturated carbocycles. The molecule has 22 heavy (non-hydrogen) atoms. The number of anilines is 1. The number of amides is 1. The average Bonchev–Trinajstić information content (AvgIpc) is 3.13. The maximum Gasteiger partial charge on any atom is 0.258 e. The van der Waals surface area contributed by atoms with Crippen LogP contribution in [0.3, 0.4) is 0 Å². The smallest absolute Gasteiger partial charge is 0.258 e. The molecule has 3 aromatic rings. The van der Waals surface area contributed by atoms with E-state index in [9.17, 15) is 4.79 Å². The molecule has 4 rings (SSSR count). The quantitative estimate of drug-likeness (QED) is 0.790. The standard InChI is InChI=1S/C17H16N4O/c1-11-8-9-14(13-6-4-5-12(11)13)16(22)19-17-18-15-7-2-3-10-21(15)20-17/h2-3,7-10H,4-6H2,1H3,(H,19,20,22). The normalized spacial score (nSPS) is 13.3. The van der Waals surface area contributed by atoms with Crippen molar-refractivity contribution in [3.63, 3.8) is 0 Å². The summed E-state index contributed by atoms with van der Waals surface area (Å²) in [5.74, 6) is 0.206. The largest absolute Gasteiger partial charge is 0.289 e. The Balaban J connectivity index is 1.66. The van der Waals surface area contributed by atoms with E-state index in [0.29, 0.717) is 11.6 Å². The van der Waals surface area contributed by atoms with Gasteiger partial charge in [0.15, 0.2) is 5.65 Å². The fraction of sp³-hybridized carbons (Fsp3) is 0.235. The predicted octanol–water partition coefficient (Wildman–Crippen LogP) is 2.78. The van der Waals surface area contributed by atoms with Gasteiger partial charge in [0, 0.05) is 11.8 Å². The highest BCUT2D eigenvalue weighted by Gasteiger charge is 2.21. The van der Waals surface area contributed by atoms with E-state index >= 15 is 0 Å². The van der Waals surface area contributed by atoms with Crippen molar-refractivity contribution in [3.05, 3.63) is 58.8 Å². The number of hydrogen-bond donors (Lipinski definition) is 1. The first-order chi connectivity index (χ1) is 10.7. The Labute approximate surface area is 128 Å². The van der Waals surface area contributed by atoms with Gasteiger partial charge < -0.3 is 0 Å². The summed E-state index contributed by atoms with van der Waals surface area (Å²) in [5, 5.41) is 7.08. The van der Waals surface area contributed by atoms with Crippen LogP contribution in [0.4, 0.5) is 5.95 Å². The number of carbonyl (C=O) groups excluding carboxylic acids is 1. The fourth-order valence-electron chi connectivity index (χ4n) is 3.15. The molecule has 110 valence electrons. The maximum absolute atomic E-state index is 12.6. The number of benzene rings is 1. The Kier molecular flexibility index (Phi) is 2.92. The Morgan fingerprint density at radius 2 is 2.05 bits per heavy atom. The average molecular weight is 292 g/mol. The van der Waals surface area contributed by atoms with E-state index in [1.54, 1.807) is 4.52 Å². The van der Waals surface area contributed by atoms with Crippen molar-refractivity contribution < 1.29 is 4.79 Å². The van der Waals surface area contributed by atoms with Crippen LogP contribution in [0.2, 0.25) is 0 Å². The van der Waals surface area contributed by atoms with Crippen molar-refractivity contribution in [1.29, 1.82) is 0 Å². The molecule has 0 unspecified atom stereocenters. The van der Waals surface area contributed by atoms with Gasteiger partial charge in [-0.25, -0.2) is 4.52 Å². The van der Waals surface area contributed by atoms with E-state index in [1.807, 2.05) is 36.5 Å². The summed E-state index contributed by atoms with van der Waals surface area (Å²) >= 11 is 0. The van der Waals surface area contributed by atoms with Crippen LogP contribution < -0.4 is 5.32 Å². The molecule has 0 saturated heterocycles. The zero-order valence-electron chi connectivity index (χ0n) is 12.3. The first kappa shape index (κ1) is 13.0. The van der Waals surface area contributed by atoms with Crippen molar-refractivity contribution in [1.82, 2.24) is 14.6 Å². The summed E-state index contributed by atoms with van der Waals surface area (Å²) in [6.45, 7) is 2.11. The summed E-state index contributed by atoms with van der Waals surface area (Å²) in [7, 11) is 0. The summed E-state index contributed by atoms with van der Waals surface area (Å²) in [6, 6.07) is 9.55. The van der Waals surface area contributed by atoms with E-state index < -0.39 is 0 Å². The molecule has 0 spiro atoms. The van der Waals surface area contributed by atoms with Gasteiger partial charge in [-0.15, -0.1) is 5.10 Å². The topological polar surface area (TPSA) is 59.3 Å². The second-order valence-corrected chi connectivity index (χ2v) is 5.63. The highest BCUT2D eigenvalue weighted by Crippen LogP contribution is 2.28. The minimum Gasteiger partial charge on any atom is -0.289 e. The van der Waals surface area contributed by atoms with E-state index in [2.05, 4.69) is 22.3 Å². The van der Waals surface area contributed by atoms with Gasteiger partial charge in [0.25, 0.3) is 5.91 Å². The van der Waals surface area contributed by atoms with Crippen LogP contribution in [0.25, 0.3) is 5.65 Å². The lowest BCUT2D eigenvalue weighted by Gasteiger charge is -2.09. The molecular weight excluding hydrogens is 276 g/mol. The zero-order chi connectivity index (χ0) is 15.1. The fourth-order valence-corrected chi connectivity index (χ4v) is 3.15. The number of nitrogens with one attached hydrogen (secondary N) is 1. The third-order valence-corrected chi connectivity index (χ3v) is 4.23. The number of rotatable bonds is 2. The van der Waals surface area contributed by atoms with Gasteiger partial charge in [0.2, 0.25) is 5.95 Å². The highest BCUT2D eigenvalue weighted by atomic mass is 16.1. The monoisotopic (exact) mass is 292 g/mol. The van der Waals surface area contributed by atoms with Crippen molar-refractivity contribution in [3.8, 4) is 0 Å². The number of aryl methyl sites for hydroxylation is 1. The molecule has 1 amide bonds. The van der Waals surface area contributed by atoms with Gasteiger partial charge in [-0.2, -0.15) is 4.98 Å². The van der Waals surface area contributed by atoms with Crippen LogP contribution >= 0.6 is 0 Å². The Hall–Kier alpha value is -2.69. The SMILES string of the molecule is Cc1ccc(C(=O)Nc2nc3ccccn3n2)c2c1CCC2. The summed E-state index contributed by atoms with van der Waals surface area (Å²) in [6.07, 6.45) is 4.96. The molecule has 0 radical (unpaired) electrons. The molecule has 1 aliphatic rings. The van der Waals surface area contributed by atoms with Gasteiger partial charge in [0.05, 0.1) is 0 Å². The van der Waals surface area contributed by atoms with Gasteiger partial charge in [-0.1, -0.05) is 12.1 Å². The van der Waals surface area contributed by atoms with Gasteiger partial charge >= 0.3 is 0 Å². The lowest BCUT2D eigenvalue weighted by molar-refractivity contribution is 0.102. The molecule has 2 heterocycles. The minimum absolute atomic E-state index is 0.131. The van der Waals surface area contributed by atoms with Crippen molar-refractivity contribution in [2.24, 2.45) is 0 Å². The van der Waals surface area contributed by atoms with E-state index in [4.69, 9.17) is 0 Å². The lowest BCUT2D eigenvalue weighted by Crippen LogP contribution is -2.15. The number of pyridine rings is 1. The molecule has 5 heteroatoms.